The molecule has 3 heterocycles. The highest BCUT2D eigenvalue weighted by molar-refractivity contribution is 7.18. The first-order chi connectivity index (χ1) is 10.6. The van der Waals surface area contributed by atoms with Gasteiger partial charge in [-0.25, -0.2) is 9.97 Å². The van der Waals surface area contributed by atoms with E-state index in [1.165, 1.54) is 10.4 Å². The van der Waals surface area contributed by atoms with Crippen molar-refractivity contribution in [1.29, 1.82) is 0 Å². The number of pyridine rings is 1. The molecule has 0 saturated carbocycles. The van der Waals surface area contributed by atoms with Crippen LogP contribution in [0.4, 0.5) is 5.82 Å². The lowest BCUT2D eigenvalue weighted by Gasteiger charge is -2.11. The van der Waals surface area contributed by atoms with Crippen molar-refractivity contribution in [1.82, 2.24) is 15.0 Å². The highest BCUT2D eigenvalue weighted by atomic mass is 32.1. The Morgan fingerprint density at radius 3 is 2.82 bits per heavy atom. The van der Waals surface area contributed by atoms with Crippen LogP contribution in [-0.4, -0.2) is 27.5 Å². The molecule has 0 amide bonds. The van der Waals surface area contributed by atoms with E-state index in [1.807, 2.05) is 19.1 Å². The van der Waals surface area contributed by atoms with Crippen LogP contribution < -0.4 is 11.1 Å². The normalized spacial score (nSPS) is 12.5. The van der Waals surface area contributed by atoms with Gasteiger partial charge >= 0.3 is 0 Å². The predicted octanol–water partition coefficient (Wildman–Crippen LogP) is 3.13. The Bertz CT molecular complexity index is 795. The van der Waals surface area contributed by atoms with Gasteiger partial charge in [-0.3, -0.25) is 4.98 Å². The molecule has 0 bridgehead atoms. The first-order valence-electron chi connectivity index (χ1n) is 7.24. The van der Waals surface area contributed by atoms with E-state index in [2.05, 4.69) is 24.1 Å². The Morgan fingerprint density at radius 2 is 2.14 bits per heavy atom. The van der Waals surface area contributed by atoms with E-state index in [-0.39, 0.29) is 6.04 Å². The molecule has 0 spiro atoms. The van der Waals surface area contributed by atoms with Crippen LogP contribution in [0.5, 0.6) is 0 Å². The lowest BCUT2D eigenvalue weighted by atomic mass is 10.2. The number of aromatic nitrogens is 3. The highest BCUT2D eigenvalue weighted by Gasteiger charge is 2.15. The van der Waals surface area contributed by atoms with Gasteiger partial charge in [0, 0.05) is 35.4 Å². The van der Waals surface area contributed by atoms with Crippen molar-refractivity contribution >= 4 is 27.4 Å². The zero-order chi connectivity index (χ0) is 15.7. The minimum absolute atomic E-state index is 0.0619. The van der Waals surface area contributed by atoms with Gasteiger partial charge in [0.1, 0.15) is 10.6 Å². The highest BCUT2D eigenvalue weighted by Crippen LogP contribution is 2.34. The summed E-state index contributed by atoms with van der Waals surface area (Å²) in [5.41, 5.74) is 8.00. The molecule has 3 aromatic heterocycles. The summed E-state index contributed by atoms with van der Waals surface area (Å²) in [6.07, 6.45) is 3.53. The van der Waals surface area contributed by atoms with Crippen LogP contribution in [0, 0.1) is 13.8 Å². The Kier molecular flexibility index (Phi) is 4.04. The van der Waals surface area contributed by atoms with Crippen LogP contribution in [-0.2, 0) is 0 Å². The van der Waals surface area contributed by atoms with Gasteiger partial charge in [-0.15, -0.1) is 11.3 Å². The molecule has 0 fully saturated rings. The SMILES string of the molecule is Cc1sc2nc(-c3cccnc3)nc(NCC(C)N)c2c1C. The number of anilines is 1. The van der Waals surface area contributed by atoms with Gasteiger partial charge in [0.2, 0.25) is 0 Å². The summed E-state index contributed by atoms with van der Waals surface area (Å²) in [5.74, 6) is 1.54. The van der Waals surface area contributed by atoms with Crippen LogP contribution in [0.15, 0.2) is 24.5 Å². The smallest absolute Gasteiger partial charge is 0.164 e. The topological polar surface area (TPSA) is 76.7 Å². The first kappa shape index (κ1) is 14.9. The van der Waals surface area contributed by atoms with Crippen molar-refractivity contribution in [2.75, 3.05) is 11.9 Å². The first-order valence-corrected chi connectivity index (χ1v) is 8.05. The van der Waals surface area contributed by atoms with Crippen molar-refractivity contribution in [2.24, 2.45) is 5.73 Å². The van der Waals surface area contributed by atoms with E-state index in [4.69, 9.17) is 15.7 Å². The number of rotatable bonds is 4. The molecule has 3 aromatic rings. The lowest BCUT2D eigenvalue weighted by Crippen LogP contribution is -2.25. The third kappa shape index (κ3) is 2.80. The summed E-state index contributed by atoms with van der Waals surface area (Å²) in [6, 6.07) is 3.92. The van der Waals surface area contributed by atoms with Gasteiger partial charge in [-0.2, -0.15) is 0 Å². The van der Waals surface area contributed by atoms with E-state index < -0.39 is 0 Å². The van der Waals surface area contributed by atoms with E-state index in [9.17, 15) is 0 Å². The minimum Gasteiger partial charge on any atom is -0.368 e. The number of nitrogens with two attached hydrogens (primary N) is 1. The Labute approximate surface area is 133 Å². The van der Waals surface area contributed by atoms with Crippen LogP contribution in [0.1, 0.15) is 17.4 Å². The second kappa shape index (κ2) is 5.98. The number of thiophene rings is 1. The third-order valence-corrected chi connectivity index (χ3v) is 4.64. The van der Waals surface area contributed by atoms with Crippen LogP contribution in [0.3, 0.4) is 0 Å². The molecular weight excluding hydrogens is 294 g/mol. The van der Waals surface area contributed by atoms with Crippen molar-refractivity contribution in [2.45, 2.75) is 26.8 Å². The van der Waals surface area contributed by atoms with E-state index in [0.29, 0.717) is 12.4 Å². The van der Waals surface area contributed by atoms with E-state index in [1.54, 1.807) is 23.7 Å². The average Bonchev–Trinajstić information content (AvgIpc) is 2.80. The van der Waals surface area contributed by atoms with Gasteiger partial charge in [0.05, 0.1) is 5.39 Å². The number of nitrogens with zero attached hydrogens (tertiary/aromatic N) is 3. The number of nitrogens with one attached hydrogen (secondary N) is 1. The van der Waals surface area contributed by atoms with Crippen molar-refractivity contribution in [3.05, 3.63) is 35.0 Å². The van der Waals surface area contributed by atoms with E-state index in [0.717, 1.165) is 21.6 Å². The summed E-state index contributed by atoms with van der Waals surface area (Å²) in [6.45, 7) is 6.87. The molecule has 22 heavy (non-hydrogen) atoms. The quantitative estimate of drug-likeness (QED) is 0.774. The second-order valence-corrected chi connectivity index (χ2v) is 6.66. The average molecular weight is 313 g/mol. The monoisotopic (exact) mass is 313 g/mol. The van der Waals surface area contributed by atoms with Gasteiger partial charge in [-0.05, 0) is 38.5 Å². The number of aryl methyl sites for hydroxylation is 2. The molecule has 5 nitrogen and oxygen atoms in total. The Balaban J connectivity index is 2.16. The molecule has 0 aliphatic heterocycles. The van der Waals surface area contributed by atoms with Crippen molar-refractivity contribution in [3.8, 4) is 11.4 Å². The van der Waals surface area contributed by atoms with Gasteiger partial charge in [0.15, 0.2) is 5.82 Å². The number of fused-ring (bicyclic) bond motifs is 1. The molecule has 1 atom stereocenters. The Morgan fingerprint density at radius 1 is 1.32 bits per heavy atom. The maximum absolute atomic E-state index is 5.86. The minimum atomic E-state index is 0.0619. The fourth-order valence-corrected chi connectivity index (χ4v) is 3.29. The molecule has 0 radical (unpaired) electrons. The molecule has 3 N–H and O–H groups in total. The zero-order valence-electron chi connectivity index (χ0n) is 12.9. The van der Waals surface area contributed by atoms with Gasteiger partial charge < -0.3 is 11.1 Å². The summed E-state index contributed by atoms with van der Waals surface area (Å²) >= 11 is 1.69. The Hall–Kier alpha value is -2.05. The zero-order valence-corrected chi connectivity index (χ0v) is 13.7. The van der Waals surface area contributed by atoms with Crippen LogP contribution in [0.2, 0.25) is 0 Å². The molecule has 6 heteroatoms. The van der Waals surface area contributed by atoms with Crippen molar-refractivity contribution < 1.29 is 0 Å². The third-order valence-electron chi connectivity index (χ3n) is 3.54. The number of hydrogen-bond acceptors (Lipinski definition) is 6. The largest absolute Gasteiger partial charge is 0.368 e. The molecule has 0 aliphatic rings. The summed E-state index contributed by atoms with van der Waals surface area (Å²) in [5, 5.41) is 4.45. The molecule has 3 rings (SSSR count). The summed E-state index contributed by atoms with van der Waals surface area (Å²) in [7, 11) is 0. The maximum Gasteiger partial charge on any atom is 0.164 e. The standard InChI is InChI=1S/C16H19N5S/c1-9(17)7-19-15-13-10(2)11(3)22-16(13)21-14(20-15)12-5-4-6-18-8-12/h4-6,8-9H,7,17H2,1-3H3,(H,19,20,21). The number of hydrogen-bond donors (Lipinski definition) is 2. The molecule has 0 saturated heterocycles. The molecule has 0 aliphatic carbocycles. The van der Waals surface area contributed by atoms with E-state index >= 15 is 0 Å². The predicted molar refractivity (Wildman–Crippen MR) is 92.3 cm³/mol. The van der Waals surface area contributed by atoms with Crippen molar-refractivity contribution in [3.63, 3.8) is 0 Å². The van der Waals surface area contributed by atoms with Gasteiger partial charge in [-0.1, -0.05) is 0 Å². The lowest BCUT2D eigenvalue weighted by molar-refractivity contribution is 0.778. The molecule has 0 aromatic carbocycles. The molecule has 114 valence electrons. The maximum atomic E-state index is 5.86. The van der Waals surface area contributed by atoms with Crippen LogP contribution in [0.25, 0.3) is 21.6 Å². The fourth-order valence-electron chi connectivity index (χ4n) is 2.26. The van der Waals surface area contributed by atoms with Gasteiger partial charge in [0.25, 0.3) is 0 Å². The fraction of sp³-hybridized carbons (Fsp3) is 0.312. The molecule has 1 unspecified atom stereocenters. The molecular formula is C16H19N5S. The summed E-state index contributed by atoms with van der Waals surface area (Å²) < 4.78 is 0. The van der Waals surface area contributed by atoms with Crippen LogP contribution >= 0.6 is 11.3 Å². The second-order valence-electron chi connectivity index (χ2n) is 5.46. The summed E-state index contributed by atoms with van der Waals surface area (Å²) in [4.78, 5) is 15.8.